The van der Waals surface area contributed by atoms with Crippen molar-refractivity contribution in [3.63, 3.8) is 0 Å². The van der Waals surface area contributed by atoms with Crippen molar-refractivity contribution in [2.24, 2.45) is 0 Å². The first-order chi connectivity index (χ1) is 15.1. The maximum absolute atomic E-state index is 12.3. The fourth-order valence-corrected chi connectivity index (χ4v) is 3.06. The van der Waals surface area contributed by atoms with E-state index in [4.69, 9.17) is 14.0 Å². The van der Waals surface area contributed by atoms with Crippen molar-refractivity contribution in [3.8, 4) is 0 Å². The lowest BCUT2D eigenvalue weighted by Crippen LogP contribution is -2.41. The quantitative estimate of drug-likeness (QED) is 0.517. The number of ketones is 1. The maximum atomic E-state index is 12.3. The number of benzene rings is 1. The van der Waals surface area contributed by atoms with Crippen LogP contribution in [0.2, 0.25) is 0 Å². The van der Waals surface area contributed by atoms with Crippen molar-refractivity contribution in [3.05, 3.63) is 71.0 Å². The summed E-state index contributed by atoms with van der Waals surface area (Å²) in [5.41, 5.74) is 1.71. The zero-order valence-electron chi connectivity index (χ0n) is 19.2. The zero-order chi connectivity index (χ0) is 23.4. The van der Waals surface area contributed by atoms with E-state index in [1.54, 1.807) is 18.3 Å². The predicted octanol–water partition coefficient (Wildman–Crippen LogP) is 4.23. The van der Waals surface area contributed by atoms with E-state index in [1.807, 2.05) is 64.1 Å². The van der Waals surface area contributed by atoms with Gasteiger partial charge in [-0.05, 0) is 50.4 Å². The van der Waals surface area contributed by atoms with Gasteiger partial charge in [0, 0.05) is 19.7 Å². The Bertz CT molecular complexity index is 971. The lowest BCUT2D eigenvalue weighted by atomic mass is 9.77. The molecule has 0 unspecified atom stereocenters. The van der Waals surface area contributed by atoms with E-state index in [0.29, 0.717) is 11.2 Å². The fourth-order valence-electron chi connectivity index (χ4n) is 3.06. The van der Waals surface area contributed by atoms with Crippen molar-refractivity contribution in [2.75, 3.05) is 6.54 Å². The first kappa shape index (κ1) is 23.7. The molecular formula is C24H29BN2O5. The molecule has 32 heavy (non-hydrogen) atoms. The molecule has 0 spiro atoms. The smallest absolute Gasteiger partial charge is 0.445 e. The molecule has 1 aliphatic rings. The van der Waals surface area contributed by atoms with Gasteiger partial charge in [0.05, 0.1) is 11.2 Å². The second kappa shape index (κ2) is 9.67. The van der Waals surface area contributed by atoms with Crippen LogP contribution in [0.5, 0.6) is 0 Å². The molecule has 1 amide bonds. The number of alkyl carbamates (subject to hydrolysis) is 1. The van der Waals surface area contributed by atoms with Gasteiger partial charge in [-0.15, -0.1) is 0 Å². The number of aromatic nitrogens is 1. The van der Waals surface area contributed by atoms with E-state index in [9.17, 15) is 9.59 Å². The molecule has 7 nitrogen and oxygen atoms in total. The predicted molar refractivity (Wildman–Crippen MR) is 123 cm³/mol. The van der Waals surface area contributed by atoms with Crippen LogP contribution in [0.4, 0.5) is 4.79 Å². The third kappa shape index (κ3) is 5.84. The number of ether oxygens (including phenoxy) is 1. The molecule has 8 heteroatoms. The summed E-state index contributed by atoms with van der Waals surface area (Å²) < 4.78 is 17.6. The molecule has 3 rings (SSSR count). The van der Waals surface area contributed by atoms with Crippen molar-refractivity contribution in [1.82, 2.24) is 10.3 Å². The summed E-state index contributed by atoms with van der Waals surface area (Å²) in [6, 6.07) is 12.9. The Kier molecular flexibility index (Phi) is 7.16. The van der Waals surface area contributed by atoms with Crippen LogP contribution in [-0.2, 0) is 20.7 Å². The number of hydrogen-bond acceptors (Lipinski definition) is 6. The molecule has 0 atom stereocenters. The standard InChI is InChI=1S/C24H29BN2O5/c1-17(28)21-12-11-19(14-26-21)13-20(25-31-23(2,3)24(4,5)32-25)15-27-22(29)30-16-18-9-7-6-8-10-18/h6-14H,15-16H2,1-5H3,(H,27,29). The lowest BCUT2D eigenvalue weighted by Gasteiger charge is -2.32. The molecular weight excluding hydrogens is 407 g/mol. The third-order valence-electron chi connectivity index (χ3n) is 5.70. The number of rotatable bonds is 7. The molecule has 1 aromatic heterocycles. The van der Waals surface area contributed by atoms with Gasteiger partial charge in [-0.1, -0.05) is 42.5 Å². The number of pyridine rings is 1. The van der Waals surface area contributed by atoms with Crippen LogP contribution < -0.4 is 5.32 Å². The maximum Gasteiger partial charge on any atom is 0.492 e. The molecule has 0 aliphatic carbocycles. The summed E-state index contributed by atoms with van der Waals surface area (Å²) in [5, 5.41) is 2.77. The summed E-state index contributed by atoms with van der Waals surface area (Å²) in [7, 11) is -0.651. The van der Waals surface area contributed by atoms with Gasteiger partial charge < -0.3 is 19.4 Å². The number of hydrogen-bond donors (Lipinski definition) is 1. The average Bonchev–Trinajstić information content (AvgIpc) is 2.97. The second-order valence-electron chi connectivity index (χ2n) is 8.76. The highest BCUT2D eigenvalue weighted by Crippen LogP contribution is 2.38. The van der Waals surface area contributed by atoms with Gasteiger partial charge in [0.25, 0.3) is 0 Å². The monoisotopic (exact) mass is 436 g/mol. The second-order valence-corrected chi connectivity index (χ2v) is 8.76. The number of carbonyl (C=O) groups is 2. The van der Waals surface area contributed by atoms with E-state index < -0.39 is 24.4 Å². The van der Waals surface area contributed by atoms with Crippen LogP contribution in [0.25, 0.3) is 6.08 Å². The molecule has 2 aromatic rings. The number of nitrogens with zero attached hydrogens (tertiary/aromatic N) is 1. The first-order valence-corrected chi connectivity index (χ1v) is 10.5. The van der Waals surface area contributed by atoms with E-state index >= 15 is 0 Å². The van der Waals surface area contributed by atoms with Gasteiger partial charge in [-0.25, -0.2) is 4.79 Å². The van der Waals surface area contributed by atoms with E-state index in [1.165, 1.54) is 6.92 Å². The first-order valence-electron chi connectivity index (χ1n) is 10.5. The van der Waals surface area contributed by atoms with Gasteiger partial charge in [-0.2, -0.15) is 0 Å². The van der Waals surface area contributed by atoms with Crippen LogP contribution in [-0.4, -0.2) is 41.7 Å². The average molecular weight is 436 g/mol. The highest BCUT2D eigenvalue weighted by molar-refractivity contribution is 6.56. The summed E-state index contributed by atoms with van der Waals surface area (Å²) in [6.45, 7) is 9.69. The molecule has 1 N–H and O–H groups in total. The van der Waals surface area contributed by atoms with Crippen molar-refractivity contribution >= 4 is 25.1 Å². The Morgan fingerprint density at radius 2 is 1.72 bits per heavy atom. The van der Waals surface area contributed by atoms with Crippen molar-refractivity contribution < 1.29 is 23.6 Å². The Balaban J connectivity index is 1.73. The minimum absolute atomic E-state index is 0.102. The van der Waals surface area contributed by atoms with Gasteiger partial charge in [0.2, 0.25) is 0 Å². The summed E-state index contributed by atoms with van der Waals surface area (Å²) in [6.07, 6.45) is 2.91. The molecule has 0 radical (unpaired) electrons. The molecule has 2 heterocycles. The van der Waals surface area contributed by atoms with Gasteiger partial charge >= 0.3 is 13.2 Å². The van der Waals surface area contributed by atoms with Crippen molar-refractivity contribution in [2.45, 2.75) is 52.4 Å². The molecule has 1 fully saturated rings. The van der Waals surface area contributed by atoms with Crippen molar-refractivity contribution in [1.29, 1.82) is 0 Å². The number of nitrogens with one attached hydrogen (secondary N) is 1. The molecule has 1 aromatic carbocycles. The van der Waals surface area contributed by atoms with Crippen LogP contribution in [0.15, 0.2) is 54.1 Å². The fraction of sp³-hybridized carbons (Fsp3) is 0.375. The van der Waals surface area contributed by atoms with Gasteiger partial charge in [0.1, 0.15) is 12.3 Å². The molecule has 0 saturated carbocycles. The largest absolute Gasteiger partial charge is 0.492 e. The minimum atomic E-state index is -0.651. The SMILES string of the molecule is CC(=O)c1ccc(C=C(CNC(=O)OCc2ccccc2)B2OC(C)(C)C(C)(C)O2)cn1. The normalized spacial score (nSPS) is 17.2. The van der Waals surface area contributed by atoms with Gasteiger partial charge in [0.15, 0.2) is 5.78 Å². The number of Topliss-reactive ketones (excluding diaryl/α,β-unsaturated/α-hetero) is 1. The lowest BCUT2D eigenvalue weighted by molar-refractivity contribution is 0.00578. The molecule has 0 bridgehead atoms. The van der Waals surface area contributed by atoms with Crippen LogP contribution in [0, 0.1) is 0 Å². The summed E-state index contributed by atoms with van der Waals surface area (Å²) in [5.74, 6) is -0.102. The van der Waals surface area contributed by atoms with Crippen LogP contribution in [0.1, 0.15) is 56.2 Å². The number of carbonyl (C=O) groups excluding carboxylic acids is 2. The van der Waals surface area contributed by atoms with Crippen LogP contribution in [0.3, 0.4) is 0 Å². The van der Waals surface area contributed by atoms with E-state index in [0.717, 1.165) is 11.1 Å². The topological polar surface area (TPSA) is 86.8 Å². The number of amides is 1. The molecule has 168 valence electrons. The van der Waals surface area contributed by atoms with E-state index in [-0.39, 0.29) is 18.9 Å². The minimum Gasteiger partial charge on any atom is -0.445 e. The summed E-state index contributed by atoms with van der Waals surface area (Å²) in [4.78, 5) is 27.9. The highest BCUT2D eigenvalue weighted by Gasteiger charge is 2.52. The Hall–Kier alpha value is -2.97. The van der Waals surface area contributed by atoms with E-state index in [2.05, 4.69) is 10.3 Å². The van der Waals surface area contributed by atoms with Crippen LogP contribution >= 0.6 is 0 Å². The Labute approximate surface area is 189 Å². The Morgan fingerprint density at radius 3 is 2.28 bits per heavy atom. The Morgan fingerprint density at radius 1 is 1.06 bits per heavy atom. The zero-order valence-corrected chi connectivity index (χ0v) is 19.2. The highest BCUT2D eigenvalue weighted by atomic mass is 16.7. The molecule has 1 saturated heterocycles. The molecule has 1 aliphatic heterocycles. The summed E-state index contributed by atoms with van der Waals surface area (Å²) >= 11 is 0. The third-order valence-corrected chi connectivity index (χ3v) is 5.70. The van der Waals surface area contributed by atoms with Gasteiger partial charge in [-0.3, -0.25) is 9.78 Å².